The molecule has 1 aliphatic carbocycles. The molecule has 0 bridgehead atoms. The number of nitrogens with one attached hydrogen (secondary N) is 1. The lowest BCUT2D eigenvalue weighted by atomic mass is 9.96. The fourth-order valence-electron chi connectivity index (χ4n) is 2.96. The number of likely N-dealkylation sites (tertiary alicyclic amines) is 1. The smallest absolute Gasteiger partial charge is 0.309 e. The van der Waals surface area contributed by atoms with Crippen molar-refractivity contribution in [2.45, 2.75) is 44.8 Å². The van der Waals surface area contributed by atoms with E-state index < -0.39 is 6.10 Å². The fourth-order valence-corrected chi connectivity index (χ4v) is 3.09. The summed E-state index contributed by atoms with van der Waals surface area (Å²) in [6.07, 6.45) is 2.28. The minimum atomic E-state index is -0.781. The molecule has 0 radical (unpaired) electrons. The number of hydrogen-bond donors (Lipinski definition) is 1. The highest BCUT2D eigenvalue weighted by Crippen LogP contribution is 2.22. The molecular formula is C19H23ClN2O4. The number of carbonyl (C=O) groups excluding carboxylic acids is 3. The fraction of sp³-hybridized carbons (Fsp3) is 0.526. The lowest BCUT2D eigenvalue weighted by Crippen LogP contribution is -2.42. The summed E-state index contributed by atoms with van der Waals surface area (Å²) >= 11 is 5.85. The second kappa shape index (κ2) is 8.08. The number of halogens is 1. The first-order valence-electron chi connectivity index (χ1n) is 8.99. The maximum atomic E-state index is 12.5. The molecule has 1 aromatic carbocycles. The molecule has 1 saturated heterocycles. The molecular weight excluding hydrogens is 356 g/mol. The van der Waals surface area contributed by atoms with Crippen LogP contribution in [0.1, 0.15) is 43.0 Å². The molecule has 1 heterocycles. The Morgan fingerprint density at radius 1 is 1.12 bits per heavy atom. The van der Waals surface area contributed by atoms with Gasteiger partial charge in [0.2, 0.25) is 0 Å². The summed E-state index contributed by atoms with van der Waals surface area (Å²) in [7, 11) is 0. The number of amides is 2. The Hall–Kier alpha value is -2.08. The normalized spacial score (nSPS) is 18.9. The molecule has 1 atom stereocenters. The summed E-state index contributed by atoms with van der Waals surface area (Å²) in [4.78, 5) is 38.4. The Labute approximate surface area is 157 Å². The molecule has 2 aliphatic rings. The molecule has 0 aromatic heterocycles. The van der Waals surface area contributed by atoms with Gasteiger partial charge in [-0.2, -0.15) is 0 Å². The van der Waals surface area contributed by atoms with Gasteiger partial charge in [0.25, 0.3) is 11.8 Å². The second-order valence-electron chi connectivity index (χ2n) is 6.94. The molecule has 0 spiro atoms. The maximum Gasteiger partial charge on any atom is 0.309 e. The predicted octanol–water partition coefficient (Wildman–Crippen LogP) is 2.40. The van der Waals surface area contributed by atoms with E-state index in [1.807, 2.05) is 0 Å². The maximum absolute atomic E-state index is 12.5. The third-order valence-corrected chi connectivity index (χ3v) is 5.04. The number of nitrogens with zero attached hydrogens (tertiary/aromatic N) is 1. The molecule has 1 aliphatic heterocycles. The van der Waals surface area contributed by atoms with Gasteiger partial charge >= 0.3 is 5.97 Å². The molecule has 0 unspecified atom stereocenters. The SMILES string of the molecule is C[C@@H](OC(=O)C1CCN(C(=O)c2ccc(Cl)cc2)CC1)C(=O)NC1CC1. The number of carbonyl (C=O) groups is 3. The van der Waals surface area contributed by atoms with E-state index in [4.69, 9.17) is 16.3 Å². The summed E-state index contributed by atoms with van der Waals surface area (Å²) in [5, 5.41) is 3.41. The Morgan fingerprint density at radius 2 is 1.73 bits per heavy atom. The standard InChI is InChI=1S/C19H23ClN2O4/c1-12(17(23)21-16-6-7-16)26-19(25)14-8-10-22(11-9-14)18(24)13-2-4-15(20)5-3-13/h2-5,12,14,16H,6-11H2,1H3,(H,21,23)/t12-/m1/s1. The molecule has 1 saturated carbocycles. The molecule has 140 valence electrons. The largest absolute Gasteiger partial charge is 0.452 e. The molecule has 3 rings (SSSR count). The molecule has 26 heavy (non-hydrogen) atoms. The van der Waals surface area contributed by atoms with E-state index in [2.05, 4.69) is 5.32 Å². The van der Waals surface area contributed by atoms with Crippen LogP contribution >= 0.6 is 11.6 Å². The monoisotopic (exact) mass is 378 g/mol. The molecule has 2 fully saturated rings. The van der Waals surface area contributed by atoms with E-state index in [-0.39, 0.29) is 29.7 Å². The number of benzene rings is 1. The van der Waals surface area contributed by atoms with Gasteiger partial charge in [-0.1, -0.05) is 11.6 Å². The number of piperidine rings is 1. The van der Waals surface area contributed by atoms with E-state index in [0.717, 1.165) is 12.8 Å². The quantitative estimate of drug-likeness (QED) is 0.798. The van der Waals surface area contributed by atoms with E-state index in [0.29, 0.717) is 36.5 Å². The van der Waals surface area contributed by atoms with Crippen LogP contribution in [0.3, 0.4) is 0 Å². The second-order valence-corrected chi connectivity index (χ2v) is 7.37. The Bertz CT molecular complexity index is 679. The highest BCUT2D eigenvalue weighted by Gasteiger charge is 2.32. The minimum Gasteiger partial charge on any atom is -0.452 e. The average Bonchev–Trinajstić information content (AvgIpc) is 3.45. The van der Waals surface area contributed by atoms with Crippen LogP contribution in [0.4, 0.5) is 0 Å². The zero-order valence-electron chi connectivity index (χ0n) is 14.7. The van der Waals surface area contributed by atoms with Crippen molar-refractivity contribution in [3.8, 4) is 0 Å². The number of hydrogen-bond acceptors (Lipinski definition) is 4. The van der Waals surface area contributed by atoms with Crippen molar-refractivity contribution >= 4 is 29.4 Å². The van der Waals surface area contributed by atoms with E-state index >= 15 is 0 Å². The van der Waals surface area contributed by atoms with Gasteiger partial charge in [0.1, 0.15) is 0 Å². The first-order valence-corrected chi connectivity index (χ1v) is 9.37. The van der Waals surface area contributed by atoms with Crippen molar-refractivity contribution in [1.82, 2.24) is 10.2 Å². The van der Waals surface area contributed by atoms with Gasteiger partial charge in [0, 0.05) is 29.7 Å². The minimum absolute atomic E-state index is 0.0642. The molecule has 7 heteroatoms. The van der Waals surface area contributed by atoms with Crippen LogP contribution in [-0.4, -0.2) is 47.9 Å². The van der Waals surface area contributed by atoms with E-state index in [1.54, 1.807) is 36.1 Å². The summed E-state index contributed by atoms with van der Waals surface area (Å²) in [6.45, 7) is 2.57. The molecule has 6 nitrogen and oxygen atoms in total. The number of ether oxygens (including phenoxy) is 1. The van der Waals surface area contributed by atoms with Crippen molar-refractivity contribution in [2.75, 3.05) is 13.1 Å². The van der Waals surface area contributed by atoms with Crippen LogP contribution in [-0.2, 0) is 14.3 Å². The summed E-state index contributed by atoms with van der Waals surface area (Å²) < 4.78 is 5.30. The Kier molecular flexibility index (Phi) is 5.81. The molecule has 1 aromatic rings. The highest BCUT2D eigenvalue weighted by atomic mass is 35.5. The first kappa shape index (κ1) is 18.7. The highest BCUT2D eigenvalue weighted by molar-refractivity contribution is 6.30. The lowest BCUT2D eigenvalue weighted by molar-refractivity contribution is -0.160. The van der Waals surface area contributed by atoms with Gasteiger partial charge in [-0.25, -0.2) is 0 Å². The van der Waals surface area contributed by atoms with Crippen LogP contribution in [0.25, 0.3) is 0 Å². The summed E-state index contributed by atoms with van der Waals surface area (Å²) in [5.74, 6) is -0.940. The van der Waals surface area contributed by atoms with Gasteiger partial charge in [-0.15, -0.1) is 0 Å². The molecule has 2 amide bonds. The average molecular weight is 379 g/mol. The topological polar surface area (TPSA) is 75.7 Å². The van der Waals surface area contributed by atoms with Crippen molar-refractivity contribution in [3.05, 3.63) is 34.9 Å². The van der Waals surface area contributed by atoms with Crippen molar-refractivity contribution in [3.63, 3.8) is 0 Å². The van der Waals surface area contributed by atoms with Crippen molar-refractivity contribution < 1.29 is 19.1 Å². The van der Waals surface area contributed by atoms with Crippen LogP contribution in [0.2, 0.25) is 5.02 Å². The number of esters is 1. The van der Waals surface area contributed by atoms with Gasteiger partial charge in [0.15, 0.2) is 6.10 Å². The third kappa shape index (κ3) is 4.75. The van der Waals surface area contributed by atoms with Crippen molar-refractivity contribution in [2.24, 2.45) is 5.92 Å². The van der Waals surface area contributed by atoms with Crippen molar-refractivity contribution in [1.29, 1.82) is 0 Å². The van der Waals surface area contributed by atoms with Crippen LogP contribution in [0.15, 0.2) is 24.3 Å². The third-order valence-electron chi connectivity index (χ3n) is 4.79. The lowest BCUT2D eigenvalue weighted by Gasteiger charge is -2.31. The van der Waals surface area contributed by atoms with Gasteiger partial charge in [0.05, 0.1) is 5.92 Å². The van der Waals surface area contributed by atoms with Gasteiger partial charge in [-0.05, 0) is 56.9 Å². The molecule has 1 N–H and O–H groups in total. The Morgan fingerprint density at radius 3 is 2.31 bits per heavy atom. The van der Waals surface area contributed by atoms with Gasteiger partial charge < -0.3 is 15.0 Å². The van der Waals surface area contributed by atoms with Gasteiger partial charge in [-0.3, -0.25) is 14.4 Å². The zero-order chi connectivity index (χ0) is 18.7. The first-order chi connectivity index (χ1) is 12.4. The van der Waals surface area contributed by atoms with Crippen LogP contribution in [0.5, 0.6) is 0 Å². The zero-order valence-corrected chi connectivity index (χ0v) is 15.5. The summed E-state index contributed by atoms with van der Waals surface area (Å²) in [5.41, 5.74) is 0.584. The van der Waals surface area contributed by atoms with Crippen LogP contribution in [0, 0.1) is 5.92 Å². The Balaban J connectivity index is 1.46. The summed E-state index contributed by atoms with van der Waals surface area (Å²) in [6, 6.07) is 7.02. The van der Waals surface area contributed by atoms with E-state index in [9.17, 15) is 14.4 Å². The van der Waals surface area contributed by atoms with E-state index in [1.165, 1.54) is 0 Å². The van der Waals surface area contributed by atoms with Crippen LogP contribution < -0.4 is 5.32 Å². The predicted molar refractivity (Wildman–Crippen MR) is 96.8 cm³/mol. The number of rotatable bonds is 5.